The second kappa shape index (κ2) is 10.3. The second-order valence-corrected chi connectivity index (χ2v) is 7.60. The summed E-state index contributed by atoms with van der Waals surface area (Å²) in [6.07, 6.45) is 10.7. The maximum atomic E-state index is 5.70. The number of rotatable bonds is 7. The number of hydrogen-bond acceptors (Lipinski definition) is 4. The highest BCUT2D eigenvalue weighted by Gasteiger charge is 2.27. The standard InChI is InChI=1S/C19H36N4O2/c1-20-19(21-10-14-24-15-18-7-4-13-25-18)22-16-8-11-23(12-9-16)17-5-2-3-6-17/h16-18H,2-15H2,1H3,(H2,20,21,22). The average Bonchev–Trinajstić information content (AvgIpc) is 3.35. The average molecular weight is 353 g/mol. The Morgan fingerprint density at radius 3 is 2.60 bits per heavy atom. The van der Waals surface area contributed by atoms with Crippen LogP contribution in [0.15, 0.2) is 4.99 Å². The largest absolute Gasteiger partial charge is 0.377 e. The minimum atomic E-state index is 0.308. The highest BCUT2D eigenvalue weighted by molar-refractivity contribution is 5.79. The van der Waals surface area contributed by atoms with E-state index in [0.29, 0.717) is 25.4 Å². The molecule has 2 aliphatic heterocycles. The van der Waals surface area contributed by atoms with E-state index in [1.165, 1.54) is 58.0 Å². The number of likely N-dealkylation sites (tertiary alicyclic amines) is 1. The van der Waals surface area contributed by atoms with E-state index in [9.17, 15) is 0 Å². The smallest absolute Gasteiger partial charge is 0.191 e. The molecule has 0 aromatic carbocycles. The van der Waals surface area contributed by atoms with Crippen LogP contribution in [0.25, 0.3) is 0 Å². The van der Waals surface area contributed by atoms with Gasteiger partial charge in [0.1, 0.15) is 0 Å². The third-order valence-corrected chi connectivity index (χ3v) is 5.80. The molecule has 1 saturated carbocycles. The van der Waals surface area contributed by atoms with Gasteiger partial charge >= 0.3 is 0 Å². The summed E-state index contributed by atoms with van der Waals surface area (Å²) in [5, 5.41) is 6.95. The quantitative estimate of drug-likeness (QED) is 0.415. The lowest BCUT2D eigenvalue weighted by Gasteiger charge is -2.36. The Kier molecular flexibility index (Phi) is 7.82. The van der Waals surface area contributed by atoms with Crippen LogP contribution >= 0.6 is 0 Å². The monoisotopic (exact) mass is 352 g/mol. The summed E-state index contributed by atoms with van der Waals surface area (Å²) >= 11 is 0. The second-order valence-electron chi connectivity index (χ2n) is 7.60. The number of ether oxygens (including phenoxy) is 2. The molecule has 2 saturated heterocycles. The van der Waals surface area contributed by atoms with Gasteiger partial charge in [-0.3, -0.25) is 4.99 Å². The van der Waals surface area contributed by atoms with Gasteiger partial charge in [-0.05, 0) is 38.5 Å². The van der Waals surface area contributed by atoms with Gasteiger partial charge in [0.15, 0.2) is 5.96 Å². The van der Waals surface area contributed by atoms with Crippen molar-refractivity contribution in [2.45, 2.75) is 69.6 Å². The van der Waals surface area contributed by atoms with E-state index >= 15 is 0 Å². The van der Waals surface area contributed by atoms with Crippen molar-refractivity contribution in [3.63, 3.8) is 0 Å². The summed E-state index contributed by atoms with van der Waals surface area (Å²) in [6.45, 7) is 5.54. The molecule has 2 heterocycles. The van der Waals surface area contributed by atoms with Crippen LogP contribution in [-0.2, 0) is 9.47 Å². The topological polar surface area (TPSA) is 58.1 Å². The number of hydrogen-bond donors (Lipinski definition) is 2. The van der Waals surface area contributed by atoms with Crippen molar-refractivity contribution in [3.8, 4) is 0 Å². The van der Waals surface area contributed by atoms with E-state index in [-0.39, 0.29) is 0 Å². The lowest BCUT2D eigenvalue weighted by atomic mass is 10.0. The molecule has 2 N–H and O–H groups in total. The first kappa shape index (κ1) is 18.9. The predicted octanol–water partition coefficient (Wildman–Crippen LogP) is 1.75. The molecule has 6 nitrogen and oxygen atoms in total. The van der Waals surface area contributed by atoms with Crippen molar-refractivity contribution in [3.05, 3.63) is 0 Å². The molecule has 3 aliphatic rings. The van der Waals surface area contributed by atoms with Gasteiger partial charge in [0.2, 0.25) is 0 Å². The molecule has 3 rings (SSSR count). The zero-order valence-electron chi connectivity index (χ0n) is 15.8. The summed E-state index contributed by atoms with van der Waals surface area (Å²) < 4.78 is 11.3. The van der Waals surface area contributed by atoms with E-state index in [4.69, 9.17) is 9.47 Å². The van der Waals surface area contributed by atoms with E-state index in [0.717, 1.165) is 31.6 Å². The van der Waals surface area contributed by atoms with Crippen molar-refractivity contribution in [1.82, 2.24) is 15.5 Å². The highest BCUT2D eigenvalue weighted by atomic mass is 16.5. The summed E-state index contributed by atoms with van der Waals surface area (Å²) in [4.78, 5) is 7.06. The van der Waals surface area contributed by atoms with Crippen molar-refractivity contribution in [2.75, 3.05) is 46.5 Å². The van der Waals surface area contributed by atoms with E-state index in [2.05, 4.69) is 20.5 Å². The van der Waals surface area contributed by atoms with Gasteiger partial charge in [-0.25, -0.2) is 0 Å². The summed E-state index contributed by atoms with van der Waals surface area (Å²) in [5.74, 6) is 0.903. The molecular formula is C19H36N4O2. The van der Waals surface area contributed by atoms with E-state index in [1.54, 1.807) is 0 Å². The molecule has 0 aromatic heterocycles. The van der Waals surface area contributed by atoms with Crippen LogP contribution in [0.2, 0.25) is 0 Å². The Morgan fingerprint density at radius 2 is 1.92 bits per heavy atom. The number of aliphatic imine (C=N–C) groups is 1. The molecule has 0 amide bonds. The van der Waals surface area contributed by atoms with E-state index < -0.39 is 0 Å². The van der Waals surface area contributed by atoms with E-state index in [1.807, 2.05) is 7.05 Å². The lowest BCUT2D eigenvalue weighted by Crippen LogP contribution is -2.50. The number of nitrogens with zero attached hydrogens (tertiary/aromatic N) is 2. The molecule has 0 spiro atoms. The zero-order valence-corrected chi connectivity index (χ0v) is 15.8. The molecule has 25 heavy (non-hydrogen) atoms. The van der Waals surface area contributed by atoms with Gasteiger partial charge in [0.05, 0.1) is 19.3 Å². The zero-order chi connectivity index (χ0) is 17.3. The predicted molar refractivity (Wildman–Crippen MR) is 101 cm³/mol. The van der Waals surface area contributed by atoms with Crippen LogP contribution in [0.3, 0.4) is 0 Å². The van der Waals surface area contributed by atoms with Gasteiger partial charge in [0, 0.05) is 45.4 Å². The third kappa shape index (κ3) is 6.12. The Labute approximate surface area is 152 Å². The fourth-order valence-electron chi connectivity index (χ4n) is 4.30. The third-order valence-electron chi connectivity index (χ3n) is 5.80. The molecule has 3 fully saturated rings. The van der Waals surface area contributed by atoms with Crippen LogP contribution < -0.4 is 10.6 Å². The Morgan fingerprint density at radius 1 is 1.12 bits per heavy atom. The molecule has 0 bridgehead atoms. The van der Waals surface area contributed by atoms with Crippen molar-refractivity contribution in [1.29, 1.82) is 0 Å². The van der Waals surface area contributed by atoms with Crippen LogP contribution in [0.1, 0.15) is 51.4 Å². The van der Waals surface area contributed by atoms with Crippen LogP contribution in [0, 0.1) is 0 Å². The number of nitrogens with one attached hydrogen (secondary N) is 2. The van der Waals surface area contributed by atoms with Crippen LogP contribution in [0.4, 0.5) is 0 Å². The number of guanidine groups is 1. The molecule has 1 aliphatic carbocycles. The first-order valence-electron chi connectivity index (χ1n) is 10.3. The molecule has 144 valence electrons. The lowest BCUT2D eigenvalue weighted by molar-refractivity contribution is 0.0191. The molecule has 0 radical (unpaired) electrons. The summed E-state index contributed by atoms with van der Waals surface area (Å²) in [5.41, 5.74) is 0. The molecule has 0 aromatic rings. The maximum absolute atomic E-state index is 5.70. The highest BCUT2D eigenvalue weighted by Crippen LogP contribution is 2.26. The SMILES string of the molecule is CN=C(NCCOCC1CCCO1)NC1CCN(C2CCCC2)CC1. The normalized spacial score (nSPS) is 27.1. The van der Waals surface area contributed by atoms with Crippen molar-refractivity contribution >= 4 is 5.96 Å². The molecular weight excluding hydrogens is 316 g/mol. The van der Waals surface area contributed by atoms with Crippen LogP contribution in [0.5, 0.6) is 0 Å². The van der Waals surface area contributed by atoms with Crippen molar-refractivity contribution in [2.24, 2.45) is 4.99 Å². The maximum Gasteiger partial charge on any atom is 0.191 e. The van der Waals surface area contributed by atoms with Crippen LogP contribution in [-0.4, -0.2) is 75.5 Å². The first-order valence-corrected chi connectivity index (χ1v) is 10.3. The molecule has 6 heteroatoms. The van der Waals surface area contributed by atoms with Gasteiger partial charge in [-0.1, -0.05) is 12.8 Å². The minimum Gasteiger partial charge on any atom is -0.377 e. The number of piperidine rings is 1. The Balaban J connectivity index is 1.26. The van der Waals surface area contributed by atoms with Gasteiger partial charge < -0.3 is 25.0 Å². The molecule has 1 atom stereocenters. The van der Waals surface area contributed by atoms with Gasteiger partial charge in [-0.15, -0.1) is 0 Å². The fourth-order valence-corrected chi connectivity index (χ4v) is 4.30. The summed E-state index contributed by atoms with van der Waals surface area (Å²) in [6, 6.07) is 1.40. The van der Waals surface area contributed by atoms with Gasteiger partial charge in [-0.2, -0.15) is 0 Å². The fraction of sp³-hybridized carbons (Fsp3) is 0.947. The molecule has 1 unspecified atom stereocenters. The Hall–Kier alpha value is -0.850. The first-order chi connectivity index (χ1) is 12.3. The minimum absolute atomic E-state index is 0.308. The summed E-state index contributed by atoms with van der Waals surface area (Å²) in [7, 11) is 1.84. The van der Waals surface area contributed by atoms with Gasteiger partial charge in [0.25, 0.3) is 0 Å². The van der Waals surface area contributed by atoms with Crippen molar-refractivity contribution < 1.29 is 9.47 Å². The Bertz CT molecular complexity index is 398.